The Morgan fingerprint density at radius 2 is 1.11 bits per heavy atom. The first-order chi connectivity index (χ1) is 8.78. The Balaban J connectivity index is 3.51. The maximum Gasteiger partial charge on any atom is -0.000666 e. The smallest absolute Gasteiger partial charge is 0.000666 e. The molecule has 0 unspecified atom stereocenters. The van der Waals surface area contributed by atoms with E-state index in [0.717, 1.165) is 5.75 Å². The highest BCUT2D eigenvalue weighted by molar-refractivity contribution is 7.80. The van der Waals surface area contributed by atoms with Crippen molar-refractivity contribution in [2.75, 3.05) is 45.0 Å². The summed E-state index contributed by atoms with van der Waals surface area (Å²) in [5.74, 6) is 1.04. The van der Waals surface area contributed by atoms with Crippen molar-refractivity contribution in [3.8, 4) is 0 Å². The number of hydrogen-bond acceptors (Lipinski definition) is 3. The molecule has 0 rings (SSSR count). The lowest BCUT2D eigenvalue weighted by Crippen LogP contribution is -2.30. The molecule has 0 atom stereocenters. The van der Waals surface area contributed by atoms with Gasteiger partial charge in [0.15, 0.2) is 0 Å². The van der Waals surface area contributed by atoms with Crippen molar-refractivity contribution in [3.63, 3.8) is 0 Å². The number of unbranched alkanes of at least 4 members (excludes halogenated alkanes) is 3. The molecule has 0 radical (unpaired) electrons. The molecule has 0 saturated carbocycles. The average Bonchev–Trinajstić information content (AvgIpc) is 2.41. The van der Waals surface area contributed by atoms with Crippen molar-refractivity contribution < 1.29 is 0 Å². The summed E-state index contributed by atoms with van der Waals surface area (Å²) in [5, 5.41) is 0. The van der Waals surface area contributed by atoms with Gasteiger partial charge in [0.05, 0.1) is 0 Å². The first-order valence-electron chi connectivity index (χ1n) is 7.83. The van der Waals surface area contributed by atoms with Gasteiger partial charge in [0.1, 0.15) is 0 Å². The molecule has 0 aromatic carbocycles. The molecule has 0 spiro atoms. The van der Waals surface area contributed by atoms with E-state index in [2.05, 4.69) is 43.2 Å². The average molecular weight is 275 g/mol. The van der Waals surface area contributed by atoms with Crippen molar-refractivity contribution in [2.45, 2.75) is 52.9 Å². The zero-order chi connectivity index (χ0) is 13.6. The highest BCUT2D eigenvalue weighted by Crippen LogP contribution is 2.03. The largest absolute Gasteiger partial charge is 0.304 e. The Bertz CT molecular complexity index is 161. The maximum atomic E-state index is 4.25. The molecule has 0 saturated heterocycles. The minimum Gasteiger partial charge on any atom is -0.304 e. The molecular formula is C15H34N2S. The molecule has 0 aliphatic heterocycles. The van der Waals surface area contributed by atoms with E-state index in [1.165, 1.54) is 71.4 Å². The van der Waals surface area contributed by atoms with Gasteiger partial charge in [0.25, 0.3) is 0 Å². The molecule has 110 valence electrons. The van der Waals surface area contributed by atoms with E-state index in [1.54, 1.807) is 0 Å². The predicted octanol–water partition coefficient (Wildman–Crippen LogP) is 3.53. The van der Waals surface area contributed by atoms with E-state index in [1.807, 2.05) is 0 Å². The summed E-state index contributed by atoms with van der Waals surface area (Å²) in [6.45, 7) is 14.2. The minimum atomic E-state index is 1.04. The SMILES string of the molecule is CCN(CC)CCCN(CC)CCCCCCS. The van der Waals surface area contributed by atoms with E-state index in [-0.39, 0.29) is 0 Å². The summed E-state index contributed by atoms with van der Waals surface area (Å²) >= 11 is 4.25. The van der Waals surface area contributed by atoms with Gasteiger partial charge in [0.2, 0.25) is 0 Å². The van der Waals surface area contributed by atoms with E-state index in [0.29, 0.717) is 0 Å². The molecule has 0 aromatic heterocycles. The fourth-order valence-corrected chi connectivity index (χ4v) is 2.51. The third kappa shape index (κ3) is 10.2. The zero-order valence-electron chi connectivity index (χ0n) is 12.8. The molecule has 18 heavy (non-hydrogen) atoms. The first kappa shape index (κ1) is 18.3. The second-order valence-electron chi connectivity index (χ2n) is 4.95. The lowest BCUT2D eigenvalue weighted by atomic mass is 10.2. The normalized spacial score (nSPS) is 11.7. The summed E-state index contributed by atoms with van der Waals surface area (Å²) < 4.78 is 0. The molecule has 0 aromatic rings. The summed E-state index contributed by atoms with van der Waals surface area (Å²) in [6, 6.07) is 0. The van der Waals surface area contributed by atoms with E-state index < -0.39 is 0 Å². The highest BCUT2D eigenvalue weighted by Gasteiger charge is 2.03. The molecule has 0 fully saturated rings. The van der Waals surface area contributed by atoms with Gasteiger partial charge >= 0.3 is 0 Å². The fourth-order valence-electron chi connectivity index (χ4n) is 2.29. The van der Waals surface area contributed by atoms with Crippen LogP contribution in [0.2, 0.25) is 0 Å². The number of nitrogens with zero attached hydrogens (tertiary/aromatic N) is 2. The molecular weight excluding hydrogens is 240 g/mol. The lowest BCUT2D eigenvalue weighted by Gasteiger charge is -2.23. The Kier molecular flexibility index (Phi) is 13.9. The van der Waals surface area contributed by atoms with Crippen LogP contribution in [0.1, 0.15) is 52.9 Å². The summed E-state index contributed by atoms with van der Waals surface area (Å²) in [4.78, 5) is 5.12. The van der Waals surface area contributed by atoms with Crippen molar-refractivity contribution in [1.82, 2.24) is 9.80 Å². The standard InChI is InChI=1S/C15H34N2S/c1-4-16(5-2)13-11-14-17(6-3)12-9-7-8-10-15-18/h18H,4-15H2,1-3H3. The van der Waals surface area contributed by atoms with Crippen LogP contribution >= 0.6 is 12.6 Å². The number of rotatable bonds is 13. The molecule has 0 aliphatic rings. The van der Waals surface area contributed by atoms with Crippen LogP contribution in [0.3, 0.4) is 0 Å². The third-order valence-corrected chi connectivity index (χ3v) is 3.99. The van der Waals surface area contributed by atoms with Gasteiger partial charge in [0, 0.05) is 0 Å². The van der Waals surface area contributed by atoms with Crippen LogP contribution in [-0.2, 0) is 0 Å². The Labute approximate surface area is 121 Å². The first-order valence-corrected chi connectivity index (χ1v) is 8.47. The topological polar surface area (TPSA) is 6.48 Å². The molecule has 0 aliphatic carbocycles. The molecule has 0 amide bonds. The maximum absolute atomic E-state index is 4.25. The van der Waals surface area contributed by atoms with Crippen molar-refractivity contribution in [1.29, 1.82) is 0 Å². The lowest BCUT2D eigenvalue weighted by molar-refractivity contribution is 0.240. The van der Waals surface area contributed by atoms with Gasteiger partial charge in [-0.15, -0.1) is 0 Å². The van der Waals surface area contributed by atoms with Crippen LogP contribution in [0.15, 0.2) is 0 Å². The summed E-state index contributed by atoms with van der Waals surface area (Å²) in [6.07, 6.45) is 6.66. The van der Waals surface area contributed by atoms with Crippen molar-refractivity contribution in [2.24, 2.45) is 0 Å². The van der Waals surface area contributed by atoms with Crippen molar-refractivity contribution in [3.05, 3.63) is 0 Å². The summed E-state index contributed by atoms with van der Waals surface area (Å²) in [5.41, 5.74) is 0. The highest BCUT2D eigenvalue weighted by atomic mass is 32.1. The van der Waals surface area contributed by atoms with Gasteiger partial charge < -0.3 is 9.80 Å². The second-order valence-corrected chi connectivity index (χ2v) is 5.40. The van der Waals surface area contributed by atoms with Crippen LogP contribution in [0.25, 0.3) is 0 Å². The van der Waals surface area contributed by atoms with Crippen LogP contribution in [0.4, 0.5) is 0 Å². The molecule has 2 nitrogen and oxygen atoms in total. The number of hydrogen-bond donors (Lipinski definition) is 1. The molecule has 3 heteroatoms. The second kappa shape index (κ2) is 13.7. The van der Waals surface area contributed by atoms with Crippen LogP contribution < -0.4 is 0 Å². The van der Waals surface area contributed by atoms with Crippen molar-refractivity contribution >= 4 is 12.6 Å². The fraction of sp³-hybridized carbons (Fsp3) is 1.00. The third-order valence-electron chi connectivity index (χ3n) is 3.67. The Morgan fingerprint density at radius 1 is 0.611 bits per heavy atom. The van der Waals surface area contributed by atoms with E-state index in [4.69, 9.17) is 0 Å². The quantitative estimate of drug-likeness (QED) is 0.405. The molecule has 0 bridgehead atoms. The van der Waals surface area contributed by atoms with Gasteiger partial charge in [-0.05, 0) is 64.3 Å². The monoisotopic (exact) mass is 274 g/mol. The van der Waals surface area contributed by atoms with Gasteiger partial charge in [-0.3, -0.25) is 0 Å². The Hall–Kier alpha value is 0.270. The minimum absolute atomic E-state index is 1.04. The van der Waals surface area contributed by atoms with Crippen LogP contribution in [0, 0.1) is 0 Å². The van der Waals surface area contributed by atoms with Crippen LogP contribution in [-0.4, -0.2) is 54.8 Å². The molecule has 0 heterocycles. The van der Waals surface area contributed by atoms with E-state index >= 15 is 0 Å². The Morgan fingerprint density at radius 3 is 1.67 bits per heavy atom. The summed E-state index contributed by atoms with van der Waals surface area (Å²) in [7, 11) is 0. The van der Waals surface area contributed by atoms with Crippen LogP contribution in [0.5, 0.6) is 0 Å². The number of thiol groups is 1. The van der Waals surface area contributed by atoms with Gasteiger partial charge in [-0.2, -0.15) is 12.6 Å². The zero-order valence-corrected chi connectivity index (χ0v) is 13.7. The van der Waals surface area contributed by atoms with Gasteiger partial charge in [-0.25, -0.2) is 0 Å². The van der Waals surface area contributed by atoms with E-state index in [9.17, 15) is 0 Å². The van der Waals surface area contributed by atoms with Gasteiger partial charge in [-0.1, -0.05) is 33.6 Å². The predicted molar refractivity (Wildman–Crippen MR) is 86.8 cm³/mol. The molecule has 0 N–H and O–H groups in total.